The largest absolute Gasteiger partial charge is 0.486 e. The molecule has 0 aromatic heterocycles. The summed E-state index contributed by atoms with van der Waals surface area (Å²) in [4.78, 5) is 35.8. The third-order valence-corrected chi connectivity index (χ3v) is 6.25. The summed E-state index contributed by atoms with van der Waals surface area (Å²) in [5.41, 5.74) is 0.361. The zero-order chi connectivity index (χ0) is 24.8. The number of anilines is 1. The molecule has 1 aliphatic heterocycles. The van der Waals surface area contributed by atoms with Crippen LogP contribution in [0.15, 0.2) is 65.6 Å². The Kier molecular flexibility index (Phi) is 7.13. The Bertz CT molecular complexity index is 1390. The van der Waals surface area contributed by atoms with Crippen LogP contribution in [0.3, 0.4) is 0 Å². The van der Waals surface area contributed by atoms with E-state index in [1.54, 1.807) is 36.4 Å². The van der Waals surface area contributed by atoms with Gasteiger partial charge in [-0.3, -0.25) is 14.9 Å². The molecule has 3 aromatic carbocycles. The van der Waals surface area contributed by atoms with E-state index in [1.165, 1.54) is 12.1 Å². The van der Waals surface area contributed by atoms with Gasteiger partial charge in [-0.25, -0.2) is 13.2 Å². The zero-order valence-electron chi connectivity index (χ0n) is 18.3. The molecule has 0 saturated carbocycles. The topological polar surface area (TPSA) is 149 Å². The van der Waals surface area contributed by atoms with E-state index in [-0.39, 0.29) is 4.90 Å². The van der Waals surface area contributed by atoms with Crippen LogP contribution in [0.2, 0.25) is 0 Å². The average Bonchev–Trinajstić information content (AvgIpc) is 2.86. The molecule has 0 atom stereocenters. The Labute approximate surface area is 200 Å². The van der Waals surface area contributed by atoms with Crippen LogP contribution >= 0.6 is 0 Å². The molecule has 182 valence electrons. The van der Waals surface area contributed by atoms with E-state index in [9.17, 15) is 22.8 Å². The smallest absolute Gasteiger partial charge is 0.325 e. The Morgan fingerprint density at radius 1 is 0.886 bits per heavy atom. The number of rotatable bonds is 7. The van der Waals surface area contributed by atoms with Crippen LogP contribution in [0.1, 0.15) is 0 Å². The number of benzene rings is 3. The van der Waals surface area contributed by atoms with E-state index in [0.29, 0.717) is 30.4 Å². The van der Waals surface area contributed by atoms with Crippen molar-refractivity contribution in [1.29, 1.82) is 0 Å². The molecule has 1 heterocycles. The second-order valence-electron chi connectivity index (χ2n) is 7.35. The van der Waals surface area contributed by atoms with E-state index in [2.05, 4.69) is 10.0 Å². The first kappa shape index (κ1) is 24.0. The predicted molar refractivity (Wildman–Crippen MR) is 125 cm³/mol. The van der Waals surface area contributed by atoms with Gasteiger partial charge >= 0.3 is 12.0 Å². The van der Waals surface area contributed by atoms with Gasteiger partial charge in [0.15, 0.2) is 18.1 Å². The maximum atomic E-state index is 12.5. The summed E-state index contributed by atoms with van der Waals surface area (Å²) in [6.45, 7) is -0.653. The van der Waals surface area contributed by atoms with Crippen molar-refractivity contribution in [3.8, 4) is 11.5 Å². The molecular formula is C23H21N3O8S. The first-order valence-corrected chi connectivity index (χ1v) is 11.9. The standard InChI is InChI=1S/C23H21N3O8S/c27-21(26-23(29)25-17-6-8-19-20(12-17)33-10-9-32-19)14-34-22(28)13-24-35(30,31)18-7-5-15-3-1-2-4-16(15)11-18/h1-8,11-12,24H,9-10,13-14H2,(H2,25,26,27,29). The van der Waals surface area contributed by atoms with Crippen molar-refractivity contribution in [3.05, 3.63) is 60.7 Å². The van der Waals surface area contributed by atoms with Gasteiger partial charge in [-0.05, 0) is 35.0 Å². The number of imide groups is 1. The van der Waals surface area contributed by atoms with Crippen molar-refractivity contribution in [2.45, 2.75) is 4.90 Å². The molecule has 0 unspecified atom stereocenters. The normalized spacial score (nSPS) is 12.6. The number of fused-ring (bicyclic) bond motifs is 2. The third kappa shape index (κ3) is 6.25. The molecule has 0 saturated heterocycles. The Morgan fingerprint density at radius 3 is 2.43 bits per heavy atom. The SMILES string of the molecule is O=C(COC(=O)CNS(=O)(=O)c1ccc2ccccc2c1)NC(=O)Nc1ccc2c(c1)OCCO2. The van der Waals surface area contributed by atoms with Gasteiger partial charge in [0.05, 0.1) is 4.90 Å². The van der Waals surface area contributed by atoms with Gasteiger partial charge in [-0.2, -0.15) is 4.72 Å². The van der Waals surface area contributed by atoms with E-state index in [1.807, 2.05) is 17.4 Å². The second-order valence-corrected chi connectivity index (χ2v) is 9.12. The summed E-state index contributed by atoms with van der Waals surface area (Å²) in [7, 11) is -3.98. The molecule has 3 amide bonds. The van der Waals surface area contributed by atoms with Crippen molar-refractivity contribution in [3.63, 3.8) is 0 Å². The van der Waals surface area contributed by atoms with Gasteiger partial charge in [-0.1, -0.05) is 30.3 Å². The molecule has 1 aliphatic rings. The lowest BCUT2D eigenvalue weighted by Gasteiger charge is -2.19. The zero-order valence-corrected chi connectivity index (χ0v) is 19.1. The highest BCUT2D eigenvalue weighted by atomic mass is 32.2. The van der Waals surface area contributed by atoms with Crippen LogP contribution in [-0.2, 0) is 24.3 Å². The highest BCUT2D eigenvalue weighted by molar-refractivity contribution is 7.89. The molecule has 0 bridgehead atoms. The second kappa shape index (κ2) is 10.4. The minimum atomic E-state index is -3.98. The van der Waals surface area contributed by atoms with Crippen LogP contribution in [0.5, 0.6) is 11.5 Å². The molecule has 0 radical (unpaired) electrons. The van der Waals surface area contributed by atoms with E-state index < -0.39 is 41.1 Å². The number of amides is 3. The summed E-state index contributed by atoms with van der Waals surface area (Å²) in [5, 5.41) is 6.05. The number of hydrogen-bond acceptors (Lipinski definition) is 8. The summed E-state index contributed by atoms with van der Waals surface area (Å²) in [5.74, 6) is -0.885. The maximum absolute atomic E-state index is 12.5. The summed E-state index contributed by atoms with van der Waals surface area (Å²) in [6, 6.07) is 15.7. The van der Waals surface area contributed by atoms with Crippen LogP contribution in [-0.4, -0.2) is 52.7 Å². The summed E-state index contributed by atoms with van der Waals surface area (Å²) in [6.07, 6.45) is 0. The van der Waals surface area contributed by atoms with Crippen LogP contribution in [0.25, 0.3) is 10.8 Å². The fourth-order valence-electron chi connectivity index (χ4n) is 3.22. The molecule has 3 aromatic rings. The van der Waals surface area contributed by atoms with Crippen molar-refractivity contribution in [1.82, 2.24) is 10.0 Å². The first-order valence-electron chi connectivity index (χ1n) is 10.4. The van der Waals surface area contributed by atoms with Crippen LogP contribution in [0, 0.1) is 0 Å². The molecule has 0 aliphatic carbocycles. The van der Waals surface area contributed by atoms with Crippen molar-refractivity contribution in [2.75, 3.05) is 31.7 Å². The summed E-state index contributed by atoms with van der Waals surface area (Å²) >= 11 is 0. The molecular weight excluding hydrogens is 478 g/mol. The molecule has 4 rings (SSSR count). The van der Waals surface area contributed by atoms with Crippen LogP contribution in [0.4, 0.5) is 10.5 Å². The molecule has 35 heavy (non-hydrogen) atoms. The fraction of sp³-hybridized carbons (Fsp3) is 0.174. The van der Waals surface area contributed by atoms with Gasteiger partial charge < -0.3 is 19.5 Å². The van der Waals surface area contributed by atoms with Crippen molar-refractivity contribution in [2.24, 2.45) is 0 Å². The lowest BCUT2D eigenvalue weighted by Crippen LogP contribution is -2.38. The summed E-state index contributed by atoms with van der Waals surface area (Å²) < 4.78 is 42.6. The monoisotopic (exact) mass is 499 g/mol. The molecule has 0 fully saturated rings. The van der Waals surface area contributed by atoms with Gasteiger partial charge in [-0.15, -0.1) is 0 Å². The minimum absolute atomic E-state index is 0.0162. The van der Waals surface area contributed by atoms with Crippen molar-refractivity contribution >= 4 is 44.4 Å². The average molecular weight is 500 g/mol. The number of sulfonamides is 1. The lowest BCUT2D eigenvalue weighted by molar-refractivity contribution is -0.147. The van der Waals surface area contributed by atoms with E-state index in [0.717, 1.165) is 10.8 Å². The van der Waals surface area contributed by atoms with Crippen LogP contribution < -0.4 is 24.8 Å². The molecule has 11 nitrogen and oxygen atoms in total. The van der Waals surface area contributed by atoms with Gasteiger partial charge in [0, 0.05) is 11.8 Å². The quantitative estimate of drug-likeness (QED) is 0.417. The highest BCUT2D eigenvalue weighted by Gasteiger charge is 2.18. The number of urea groups is 1. The third-order valence-electron chi connectivity index (χ3n) is 4.86. The van der Waals surface area contributed by atoms with Gasteiger partial charge in [0.1, 0.15) is 19.8 Å². The Hall–Kier alpha value is -4.16. The van der Waals surface area contributed by atoms with Gasteiger partial charge in [0.25, 0.3) is 5.91 Å². The number of nitrogens with one attached hydrogen (secondary N) is 3. The highest BCUT2D eigenvalue weighted by Crippen LogP contribution is 2.32. The van der Waals surface area contributed by atoms with E-state index >= 15 is 0 Å². The lowest BCUT2D eigenvalue weighted by atomic mass is 10.1. The minimum Gasteiger partial charge on any atom is -0.486 e. The number of carbonyl (C=O) groups excluding carboxylic acids is 3. The number of ether oxygens (including phenoxy) is 3. The molecule has 3 N–H and O–H groups in total. The molecule has 12 heteroatoms. The fourth-order valence-corrected chi connectivity index (χ4v) is 4.22. The van der Waals surface area contributed by atoms with E-state index in [4.69, 9.17) is 14.2 Å². The molecule has 0 spiro atoms. The Morgan fingerprint density at radius 2 is 1.63 bits per heavy atom. The predicted octanol–water partition coefficient (Wildman–Crippen LogP) is 1.78. The van der Waals surface area contributed by atoms with Gasteiger partial charge in [0.2, 0.25) is 10.0 Å². The first-order chi connectivity index (χ1) is 16.8. The number of esters is 1. The maximum Gasteiger partial charge on any atom is 0.325 e. The number of hydrogen-bond donors (Lipinski definition) is 3. The Balaban J connectivity index is 1.22. The number of carbonyl (C=O) groups is 3. The van der Waals surface area contributed by atoms with Crippen molar-refractivity contribution < 1.29 is 37.0 Å².